The van der Waals surface area contributed by atoms with Crippen LogP contribution < -0.4 is 5.73 Å². The normalized spacial score (nSPS) is 22.9. The number of nitrogens with two attached hydrogens (primary N) is 1. The molecule has 1 aliphatic heterocycles. The minimum absolute atomic E-state index is 0.500. The van der Waals surface area contributed by atoms with Crippen molar-refractivity contribution in [3.63, 3.8) is 0 Å². The molecule has 1 aliphatic carbocycles. The first-order valence-electron chi connectivity index (χ1n) is 8.05. The molecule has 2 fully saturated rings. The molecule has 3 rings (SSSR count). The summed E-state index contributed by atoms with van der Waals surface area (Å²) in [5, 5.41) is 0. The Labute approximate surface area is 122 Å². The summed E-state index contributed by atoms with van der Waals surface area (Å²) in [7, 11) is 0. The van der Waals surface area contributed by atoms with E-state index in [1.54, 1.807) is 0 Å². The Kier molecular flexibility index (Phi) is 4.71. The summed E-state index contributed by atoms with van der Waals surface area (Å²) in [6, 6.07) is 11.3. The van der Waals surface area contributed by atoms with E-state index in [1.165, 1.54) is 51.1 Å². The molecule has 3 nitrogen and oxygen atoms in total. The van der Waals surface area contributed by atoms with Gasteiger partial charge >= 0.3 is 0 Å². The summed E-state index contributed by atoms with van der Waals surface area (Å²) in [6.45, 7) is 6.91. The zero-order valence-electron chi connectivity index (χ0n) is 12.4. The predicted molar refractivity (Wildman–Crippen MR) is 83.7 cm³/mol. The second kappa shape index (κ2) is 6.70. The first-order valence-corrected chi connectivity index (χ1v) is 8.05. The van der Waals surface area contributed by atoms with Crippen LogP contribution in [0, 0.1) is 5.92 Å². The van der Waals surface area contributed by atoms with E-state index < -0.39 is 0 Å². The lowest BCUT2D eigenvalue weighted by molar-refractivity contribution is 0.0955. The molecule has 1 unspecified atom stereocenters. The third-order valence-corrected chi connectivity index (χ3v) is 4.72. The first-order chi connectivity index (χ1) is 9.85. The van der Waals surface area contributed by atoms with Gasteiger partial charge in [0.15, 0.2) is 0 Å². The maximum Gasteiger partial charge on any atom is 0.0259 e. The fraction of sp³-hybridized carbons (Fsp3) is 0.647. The molecule has 0 radical (unpaired) electrons. The topological polar surface area (TPSA) is 32.5 Å². The molecule has 1 heterocycles. The minimum atomic E-state index is 0.500. The fourth-order valence-corrected chi connectivity index (χ4v) is 3.22. The van der Waals surface area contributed by atoms with Crippen LogP contribution in [0.3, 0.4) is 0 Å². The van der Waals surface area contributed by atoms with Crippen LogP contribution in [0.4, 0.5) is 0 Å². The molecule has 0 bridgehead atoms. The first kappa shape index (κ1) is 14.1. The van der Waals surface area contributed by atoms with Crippen molar-refractivity contribution in [2.24, 2.45) is 11.7 Å². The van der Waals surface area contributed by atoms with Crippen molar-refractivity contribution in [2.45, 2.75) is 25.3 Å². The van der Waals surface area contributed by atoms with Gasteiger partial charge in [-0.25, -0.2) is 0 Å². The summed E-state index contributed by atoms with van der Waals surface area (Å²) in [4.78, 5) is 5.24. The number of piperazine rings is 1. The molecule has 20 heavy (non-hydrogen) atoms. The van der Waals surface area contributed by atoms with Gasteiger partial charge in [-0.3, -0.25) is 4.90 Å². The van der Waals surface area contributed by atoms with E-state index in [-0.39, 0.29) is 0 Å². The number of benzene rings is 1. The van der Waals surface area contributed by atoms with E-state index in [4.69, 9.17) is 5.73 Å². The smallest absolute Gasteiger partial charge is 0.0259 e. The van der Waals surface area contributed by atoms with E-state index >= 15 is 0 Å². The lowest BCUT2D eigenvalue weighted by atomic mass is 10.0. The molecule has 110 valence electrons. The maximum atomic E-state index is 6.02. The molecule has 1 saturated carbocycles. The molecule has 2 N–H and O–H groups in total. The van der Waals surface area contributed by atoms with E-state index in [9.17, 15) is 0 Å². The monoisotopic (exact) mass is 273 g/mol. The summed E-state index contributed by atoms with van der Waals surface area (Å²) in [5.41, 5.74) is 7.43. The molecule has 1 aromatic rings. The van der Waals surface area contributed by atoms with Gasteiger partial charge in [-0.1, -0.05) is 30.3 Å². The highest BCUT2D eigenvalue weighted by molar-refractivity contribution is 5.16. The predicted octanol–water partition coefficient (Wildman–Crippen LogP) is 1.58. The Hall–Kier alpha value is -0.900. The molecule has 1 atom stereocenters. The highest BCUT2D eigenvalue weighted by Gasteiger charge is 2.28. The molecule has 1 saturated heterocycles. The number of hydrogen-bond donors (Lipinski definition) is 1. The van der Waals surface area contributed by atoms with Crippen LogP contribution in [0.1, 0.15) is 18.4 Å². The van der Waals surface area contributed by atoms with Crippen molar-refractivity contribution < 1.29 is 0 Å². The van der Waals surface area contributed by atoms with Crippen molar-refractivity contribution >= 4 is 0 Å². The molecule has 0 spiro atoms. The van der Waals surface area contributed by atoms with Crippen LogP contribution in [-0.2, 0) is 6.42 Å². The Morgan fingerprint density at radius 3 is 2.35 bits per heavy atom. The van der Waals surface area contributed by atoms with Crippen LogP contribution >= 0.6 is 0 Å². The van der Waals surface area contributed by atoms with Gasteiger partial charge < -0.3 is 10.6 Å². The number of rotatable bonds is 6. The molecule has 0 aromatic heterocycles. The Morgan fingerprint density at radius 1 is 1.05 bits per heavy atom. The fourth-order valence-electron chi connectivity index (χ4n) is 3.22. The van der Waals surface area contributed by atoms with Crippen molar-refractivity contribution in [1.29, 1.82) is 0 Å². The lowest BCUT2D eigenvalue weighted by Crippen LogP contribution is -2.53. The van der Waals surface area contributed by atoms with Gasteiger partial charge in [0.2, 0.25) is 0 Å². The quantitative estimate of drug-likeness (QED) is 0.854. The largest absolute Gasteiger partial charge is 0.329 e. The van der Waals surface area contributed by atoms with E-state index in [2.05, 4.69) is 40.1 Å². The van der Waals surface area contributed by atoms with Gasteiger partial charge in [-0.2, -0.15) is 0 Å². The molecule has 3 heteroatoms. The molecule has 1 aromatic carbocycles. The molecule has 2 aliphatic rings. The molecule has 0 amide bonds. The second-order valence-corrected chi connectivity index (χ2v) is 6.36. The van der Waals surface area contributed by atoms with Gasteiger partial charge in [0, 0.05) is 45.3 Å². The van der Waals surface area contributed by atoms with E-state index in [1.807, 2.05) is 0 Å². The second-order valence-electron chi connectivity index (χ2n) is 6.36. The maximum absolute atomic E-state index is 6.02. The van der Waals surface area contributed by atoms with Crippen LogP contribution in [-0.4, -0.2) is 55.1 Å². The minimum Gasteiger partial charge on any atom is -0.329 e. The average molecular weight is 273 g/mol. The zero-order valence-corrected chi connectivity index (χ0v) is 12.4. The number of nitrogens with zero attached hydrogens (tertiary/aromatic N) is 2. The molecular weight excluding hydrogens is 246 g/mol. The number of hydrogen-bond acceptors (Lipinski definition) is 3. The van der Waals surface area contributed by atoms with Gasteiger partial charge in [0.25, 0.3) is 0 Å². The third kappa shape index (κ3) is 3.81. The van der Waals surface area contributed by atoms with Crippen molar-refractivity contribution in [3.8, 4) is 0 Å². The van der Waals surface area contributed by atoms with E-state index in [0.29, 0.717) is 6.04 Å². The van der Waals surface area contributed by atoms with E-state index in [0.717, 1.165) is 18.9 Å². The van der Waals surface area contributed by atoms with Crippen LogP contribution in [0.25, 0.3) is 0 Å². The molecular formula is C17H27N3. The SMILES string of the molecule is NCC(Cc1ccccc1)N1CCN(CC2CC2)CC1. The third-order valence-electron chi connectivity index (χ3n) is 4.72. The van der Waals surface area contributed by atoms with Crippen LogP contribution in [0.15, 0.2) is 30.3 Å². The van der Waals surface area contributed by atoms with Crippen molar-refractivity contribution in [1.82, 2.24) is 9.80 Å². The summed E-state index contributed by atoms with van der Waals surface area (Å²) in [5.74, 6) is 1.01. The highest BCUT2D eigenvalue weighted by atomic mass is 15.3. The Bertz CT molecular complexity index is 394. The standard InChI is InChI=1S/C17H27N3/c18-13-17(12-15-4-2-1-3-5-15)20-10-8-19(9-11-20)14-16-6-7-16/h1-5,16-17H,6-14,18H2. The van der Waals surface area contributed by atoms with Crippen molar-refractivity contribution in [3.05, 3.63) is 35.9 Å². The average Bonchev–Trinajstić information content (AvgIpc) is 3.31. The summed E-state index contributed by atoms with van der Waals surface area (Å²) < 4.78 is 0. The van der Waals surface area contributed by atoms with Crippen molar-refractivity contribution in [2.75, 3.05) is 39.3 Å². The van der Waals surface area contributed by atoms with Gasteiger partial charge in [0.05, 0.1) is 0 Å². The Balaban J connectivity index is 1.49. The Morgan fingerprint density at radius 2 is 1.75 bits per heavy atom. The van der Waals surface area contributed by atoms with Gasteiger partial charge in [0.1, 0.15) is 0 Å². The summed E-state index contributed by atoms with van der Waals surface area (Å²) >= 11 is 0. The summed E-state index contributed by atoms with van der Waals surface area (Å²) in [6.07, 6.45) is 4.00. The van der Waals surface area contributed by atoms with Crippen LogP contribution in [0.5, 0.6) is 0 Å². The lowest BCUT2D eigenvalue weighted by Gasteiger charge is -2.39. The van der Waals surface area contributed by atoms with Crippen LogP contribution in [0.2, 0.25) is 0 Å². The highest BCUT2D eigenvalue weighted by Crippen LogP contribution is 2.30. The zero-order chi connectivity index (χ0) is 13.8. The van der Waals surface area contributed by atoms with Gasteiger partial charge in [-0.15, -0.1) is 0 Å². The van der Waals surface area contributed by atoms with Gasteiger partial charge in [-0.05, 0) is 30.7 Å².